The van der Waals surface area contributed by atoms with Gasteiger partial charge in [-0.2, -0.15) is 5.10 Å². The number of aromatic nitrogens is 3. The molecule has 0 bridgehead atoms. The summed E-state index contributed by atoms with van der Waals surface area (Å²) in [7, 11) is 0. The maximum Gasteiger partial charge on any atom is 0.249 e. The van der Waals surface area contributed by atoms with E-state index in [9.17, 15) is 4.79 Å². The zero-order valence-corrected chi connectivity index (χ0v) is 13.6. The molecular formula is C20H17N3O. The van der Waals surface area contributed by atoms with Crippen LogP contribution >= 0.6 is 0 Å². The Labute approximate surface area is 139 Å². The number of aromatic amines is 1. The van der Waals surface area contributed by atoms with E-state index in [2.05, 4.69) is 4.98 Å². The van der Waals surface area contributed by atoms with E-state index >= 15 is 0 Å². The topological polar surface area (TPSA) is 50.7 Å². The summed E-state index contributed by atoms with van der Waals surface area (Å²) in [5.41, 5.74) is 5.54. The molecule has 0 aliphatic rings. The second kappa shape index (κ2) is 5.49. The summed E-state index contributed by atoms with van der Waals surface area (Å²) in [6.07, 6.45) is 0. The molecule has 4 aromatic rings. The molecule has 2 aromatic heterocycles. The average Bonchev–Trinajstić information content (AvgIpc) is 2.96. The molecule has 118 valence electrons. The van der Waals surface area contributed by atoms with E-state index in [1.165, 1.54) is 5.56 Å². The van der Waals surface area contributed by atoms with Crippen LogP contribution in [-0.4, -0.2) is 14.8 Å². The molecule has 0 aliphatic carbocycles. The van der Waals surface area contributed by atoms with E-state index in [1.54, 1.807) is 6.07 Å². The van der Waals surface area contributed by atoms with Crippen LogP contribution in [0.2, 0.25) is 0 Å². The summed E-state index contributed by atoms with van der Waals surface area (Å²) in [4.78, 5) is 14.9. The van der Waals surface area contributed by atoms with Gasteiger partial charge >= 0.3 is 0 Å². The average molecular weight is 315 g/mol. The number of nitrogens with one attached hydrogen (secondary N) is 1. The second-order valence-corrected chi connectivity index (χ2v) is 6.00. The molecule has 0 amide bonds. The first-order chi connectivity index (χ1) is 11.6. The highest BCUT2D eigenvalue weighted by atomic mass is 16.1. The van der Waals surface area contributed by atoms with Crippen molar-refractivity contribution in [1.29, 1.82) is 0 Å². The van der Waals surface area contributed by atoms with E-state index in [0.717, 1.165) is 33.5 Å². The van der Waals surface area contributed by atoms with Gasteiger partial charge in [0.1, 0.15) is 11.3 Å². The predicted octanol–water partition coefficient (Wildman–Crippen LogP) is 4.00. The molecule has 4 heteroatoms. The van der Waals surface area contributed by atoms with Gasteiger partial charge in [-0.3, -0.25) is 4.79 Å². The number of rotatable bonds is 2. The van der Waals surface area contributed by atoms with Gasteiger partial charge in [-0.05, 0) is 31.5 Å². The molecule has 1 N–H and O–H groups in total. The van der Waals surface area contributed by atoms with Crippen LogP contribution in [0.25, 0.3) is 28.0 Å². The van der Waals surface area contributed by atoms with Gasteiger partial charge in [0.25, 0.3) is 0 Å². The first-order valence-electron chi connectivity index (χ1n) is 7.88. The molecule has 4 rings (SSSR count). The van der Waals surface area contributed by atoms with Crippen LogP contribution in [0.5, 0.6) is 0 Å². The Morgan fingerprint density at radius 2 is 1.67 bits per heavy atom. The van der Waals surface area contributed by atoms with Crippen molar-refractivity contribution < 1.29 is 0 Å². The Morgan fingerprint density at radius 1 is 0.958 bits per heavy atom. The Balaban J connectivity index is 2.08. The van der Waals surface area contributed by atoms with E-state index in [-0.39, 0.29) is 5.56 Å². The van der Waals surface area contributed by atoms with Crippen LogP contribution in [0.1, 0.15) is 11.1 Å². The Hall–Kier alpha value is -3.14. The summed E-state index contributed by atoms with van der Waals surface area (Å²) in [5.74, 6) is 0. The molecule has 24 heavy (non-hydrogen) atoms. The lowest BCUT2D eigenvalue weighted by atomic mass is 10.1. The first-order valence-corrected chi connectivity index (χ1v) is 7.88. The van der Waals surface area contributed by atoms with Crippen molar-refractivity contribution in [3.63, 3.8) is 0 Å². The highest BCUT2D eigenvalue weighted by molar-refractivity contribution is 5.94. The van der Waals surface area contributed by atoms with Crippen molar-refractivity contribution in [2.24, 2.45) is 0 Å². The fourth-order valence-electron chi connectivity index (χ4n) is 3.00. The minimum Gasteiger partial charge on any atom is -0.306 e. The molecule has 0 atom stereocenters. The minimum atomic E-state index is -0.118. The van der Waals surface area contributed by atoms with Gasteiger partial charge in [-0.25, -0.2) is 4.68 Å². The third-order valence-corrected chi connectivity index (χ3v) is 4.19. The summed E-state index contributed by atoms with van der Waals surface area (Å²) >= 11 is 0. The van der Waals surface area contributed by atoms with Crippen molar-refractivity contribution in [2.45, 2.75) is 13.8 Å². The maximum atomic E-state index is 12.0. The number of hydrogen-bond acceptors (Lipinski definition) is 2. The van der Waals surface area contributed by atoms with Crippen LogP contribution in [0, 0.1) is 13.8 Å². The van der Waals surface area contributed by atoms with Crippen LogP contribution in [-0.2, 0) is 0 Å². The Bertz CT molecular complexity index is 1070. The van der Waals surface area contributed by atoms with Gasteiger partial charge in [-0.1, -0.05) is 48.0 Å². The summed E-state index contributed by atoms with van der Waals surface area (Å²) < 4.78 is 1.81. The van der Waals surface area contributed by atoms with Crippen LogP contribution in [0.3, 0.4) is 0 Å². The molecule has 0 saturated carbocycles. The summed E-state index contributed by atoms with van der Waals surface area (Å²) in [6.45, 7) is 4.00. The number of pyridine rings is 1. The molecular weight excluding hydrogens is 298 g/mol. The van der Waals surface area contributed by atoms with Gasteiger partial charge in [-0.15, -0.1) is 0 Å². The van der Waals surface area contributed by atoms with Gasteiger partial charge in [0, 0.05) is 17.0 Å². The predicted molar refractivity (Wildman–Crippen MR) is 96.6 cm³/mol. The van der Waals surface area contributed by atoms with Gasteiger partial charge in [0.05, 0.1) is 5.69 Å². The van der Waals surface area contributed by atoms with Crippen molar-refractivity contribution in [3.05, 3.63) is 82.1 Å². The summed E-state index contributed by atoms with van der Waals surface area (Å²) in [6, 6.07) is 19.8. The van der Waals surface area contributed by atoms with Crippen molar-refractivity contribution in [1.82, 2.24) is 14.8 Å². The highest BCUT2D eigenvalue weighted by Crippen LogP contribution is 2.30. The lowest BCUT2D eigenvalue weighted by Gasteiger charge is -2.04. The molecule has 0 saturated heterocycles. The van der Waals surface area contributed by atoms with E-state index < -0.39 is 0 Å². The molecule has 0 spiro atoms. The molecule has 0 aliphatic heterocycles. The molecule has 2 aromatic carbocycles. The highest BCUT2D eigenvalue weighted by Gasteiger charge is 2.16. The third kappa shape index (κ3) is 2.33. The number of benzene rings is 2. The Morgan fingerprint density at radius 3 is 2.38 bits per heavy atom. The van der Waals surface area contributed by atoms with E-state index in [0.29, 0.717) is 0 Å². The molecule has 2 heterocycles. The number of fused-ring (bicyclic) bond motifs is 1. The van der Waals surface area contributed by atoms with Crippen molar-refractivity contribution in [2.75, 3.05) is 0 Å². The van der Waals surface area contributed by atoms with Crippen LogP contribution in [0.4, 0.5) is 0 Å². The zero-order valence-electron chi connectivity index (χ0n) is 13.6. The standard InChI is InChI=1S/C20H17N3O/c1-13-8-10-16(11-9-13)23-20-18(14(2)12-17(24)21-20)19(22-23)15-6-4-3-5-7-15/h3-12H,1-2H3,(H,21,24). The Kier molecular flexibility index (Phi) is 3.31. The molecule has 0 fully saturated rings. The second-order valence-electron chi connectivity index (χ2n) is 6.00. The van der Waals surface area contributed by atoms with Gasteiger partial charge < -0.3 is 4.98 Å². The minimum absolute atomic E-state index is 0.118. The lowest BCUT2D eigenvalue weighted by Crippen LogP contribution is -2.07. The van der Waals surface area contributed by atoms with Gasteiger partial charge in [0.15, 0.2) is 0 Å². The zero-order chi connectivity index (χ0) is 16.7. The number of aryl methyl sites for hydroxylation is 2. The third-order valence-electron chi connectivity index (χ3n) is 4.19. The number of hydrogen-bond donors (Lipinski definition) is 1. The fourth-order valence-corrected chi connectivity index (χ4v) is 3.00. The quantitative estimate of drug-likeness (QED) is 0.608. The summed E-state index contributed by atoms with van der Waals surface area (Å²) in [5, 5.41) is 5.78. The molecule has 0 unspecified atom stereocenters. The maximum absolute atomic E-state index is 12.0. The fraction of sp³-hybridized carbons (Fsp3) is 0.100. The van der Waals surface area contributed by atoms with E-state index in [4.69, 9.17) is 5.10 Å². The smallest absolute Gasteiger partial charge is 0.249 e. The normalized spacial score (nSPS) is 11.1. The monoisotopic (exact) mass is 315 g/mol. The van der Waals surface area contributed by atoms with Gasteiger partial charge in [0.2, 0.25) is 5.56 Å². The molecule has 4 nitrogen and oxygen atoms in total. The van der Waals surface area contributed by atoms with E-state index in [1.807, 2.05) is 73.1 Å². The van der Waals surface area contributed by atoms with Crippen molar-refractivity contribution >= 4 is 11.0 Å². The first kappa shape index (κ1) is 14.5. The van der Waals surface area contributed by atoms with Crippen LogP contribution in [0.15, 0.2) is 65.5 Å². The lowest BCUT2D eigenvalue weighted by molar-refractivity contribution is 0.897. The van der Waals surface area contributed by atoms with Crippen molar-refractivity contribution in [3.8, 4) is 16.9 Å². The number of nitrogens with zero attached hydrogens (tertiary/aromatic N) is 2. The SMILES string of the molecule is Cc1ccc(-n2nc(-c3ccccc3)c3c(C)cc(=O)[nH]c32)cc1. The number of H-pyrrole nitrogens is 1. The molecule has 0 radical (unpaired) electrons. The van der Waals surface area contributed by atoms with Crippen LogP contribution < -0.4 is 5.56 Å². The largest absolute Gasteiger partial charge is 0.306 e.